The highest BCUT2D eigenvalue weighted by atomic mass is 16.3. The van der Waals surface area contributed by atoms with E-state index < -0.39 is 0 Å². The van der Waals surface area contributed by atoms with Crippen LogP contribution in [0.4, 0.5) is 0 Å². The molecule has 0 aliphatic carbocycles. The Labute approximate surface area is 94.1 Å². The van der Waals surface area contributed by atoms with Gasteiger partial charge in [0, 0.05) is 19.7 Å². The lowest BCUT2D eigenvalue weighted by atomic mass is 10.1. The van der Waals surface area contributed by atoms with Gasteiger partial charge in [-0.05, 0) is 24.8 Å². The molecule has 1 aromatic heterocycles. The van der Waals surface area contributed by atoms with Gasteiger partial charge in [0.15, 0.2) is 0 Å². The second-order valence-corrected chi connectivity index (χ2v) is 4.05. The average molecular weight is 221 g/mol. The van der Waals surface area contributed by atoms with Gasteiger partial charge in [-0.15, -0.1) is 0 Å². The van der Waals surface area contributed by atoms with Crippen molar-refractivity contribution in [2.45, 2.75) is 12.8 Å². The van der Waals surface area contributed by atoms with Crippen LogP contribution in [0.3, 0.4) is 0 Å². The molecule has 1 aliphatic rings. The van der Waals surface area contributed by atoms with Gasteiger partial charge in [-0.25, -0.2) is 0 Å². The smallest absolute Gasteiger partial charge is 0.255 e. The van der Waals surface area contributed by atoms with Crippen LogP contribution in [0.25, 0.3) is 0 Å². The summed E-state index contributed by atoms with van der Waals surface area (Å²) in [4.78, 5) is 13.8. The molecule has 86 valence electrons. The highest BCUT2D eigenvalue weighted by molar-refractivity contribution is 5.93. The van der Waals surface area contributed by atoms with Gasteiger partial charge in [-0.1, -0.05) is 0 Å². The number of aromatic nitrogens is 2. The molecule has 0 aromatic carbocycles. The van der Waals surface area contributed by atoms with Gasteiger partial charge in [0.05, 0.1) is 18.0 Å². The van der Waals surface area contributed by atoms with E-state index in [4.69, 9.17) is 5.11 Å². The molecule has 1 atom stereocenters. The van der Waals surface area contributed by atoms with Crippen LogP contribution in [0.2, 0.25) is 0 Å². The summed E-state index contributed by atoms with van der Waals surface area (Å²) in [6.07, 6.45) is 4.76. The molecule has 5 nitrogen and oxygen atoms in total. The van der Waals surface area contributed by atoms with E-state index in [0.717, 1.165) is 25.9 Å². The Bertz CT molecular complexity index is 356. The van der Waals surface area contributed by atoms with Gasteiger partial charge in [0.2, 0.25) is 0 Å². The van der Waals surface area contributed by atoms with Crippen molar-refractivity contribution in [1.82, 2.24) is 15.1 Å². The quantitative estimate of drug-likeness (QED) is 0.798. The molecule has 1 fully saturated rings. The third kappa shape index (κ3) is 2.36. The molecule has 1 unspecified atom stereocenters. The predicted molar refractivity (Wildman–Crippen MR) is 57.7 cm³/mol. The molecular formula is C11H15N3O2. The monoisotopic (exact) mass is 221 g/mol. The summed E-state index contributed by atoms with van der Waals surface area (Å²) in [5.74, 6) is 0.444. The molecule has 0 radical (unpaired) electrons. The van der Waals surface area contributed by atoms with Crippen LogP contribution in [0.1, 0.15) is 23.2 Å². The van der Waals surface area contributed by atoms with E-state index in [2.05, 4.69) is 10.2 Å². The second-order valence-electron chi connectivity index (χ2n) is 4.05. The third-order valence-corrected chi connectivity index (χ3v) is 2.94. The molecule has 0 saturated carbocycles. The first-order valence-corrected chi connectivity index (χ1v) is 5.48. The first-order valence-electron chi connectivity index (χ1n) is 5.48. The first-order chi connectivity index (χ1) is 7.81. The van der Waals surface area contributed by atoms with Gasteiger partial charge in [-0.2, -0.15) is 10.2 Å². The fraction of sp³-hybridized carbons (Fsp3) is 0.545. The van der Waals surface area contributed by atoms with Crippen molar-refractivity contribution in [3.05, 3.63) is 24.0 Å². The lowest BCUT2D eigenvalue weighted by molar-refractivity contribution is 0.0784. The second kappa shape index (κ2) is 5.03. The summed E-state index contributed by atoms with van der Waals surface area (Å²) < 4.78 is 0. The lowest BCUT2D eigenvalue weighted by Gasteiger charge is -2.15. The van der Waals surface area contributed by atoms with Crippen LogP contribution >= 0.6 is 0 Å². The summed E-state index contributed by atoms with van der Waals surface area (Å²) in [5, 5.41) is 16.2. The minimum Gasteiger partial charge on any atom is -0.396 e. The van der Waals surface area contributed by atoms with E-state index >= 15 is 0 Å². The molecule has 0 spiro atoms. The van der Waals surface area contributed by atoms with Crippen LogP contribution in [0, 0.1) is 5.92 Å². The van der Waals surface area contributed by atoms with Crippen LogP contribution in [0.15, 0.2) is 18.5 Å². The Hall–Kier alpha value is -1.49. The Morgan fingerprint density at radius 2 is 2.44 bits per heavy atom. The standard InChI is InChI=1S/C11H15N3O2/c15-6-3-9-2-5-14(8-9)11(16)10-1-4-12-13-7-10/h1,4,7,9,15H,2-3,5-6,8H2. The number of carbonyl (C=O) groups is 1. The minimum absolute atomic E-state index is 0.00957. The van der Waals surface area contributed by atoms with E-state index in [9.17, 15) is 4.79 Å². The molecule has 5 heteroatoms. The Kier molecular flexibility index (Phi) is 3.46. The van der Waals surface area contributed by atoms with Gasteiger partial charge in [0.25, 0.3) is 5.91 Å². The molecule has 1 aliphatic heterocycles. The van der Waals surface area contributed by atoms with Crippen molar-refractivity contribution in [1.29, 1.82) is 0 Å². The SMILES string of the molecule is O=C(c1ccnnc1)N1CCC(CCO)C1. The number of likely N-dealkylation sites (tertiary alicyclic amines) is 1. The molecule has 1 aromatic rings. The topological polar surface area (TPSA) is 66.3 Å². The fourth-order valence-electron chi connectivity index (χ4n) is 2.04. The molecule has 2 heterocycles. The van der Waals surface area contributed by atoms with Crippen molar-refractivity contribution >= 4 is 5.91 Å². The largest absolute Gasteiger partial charge is 0.396 e. The summed E-state index contributed by atoms with van der Waals surface area (Å²) >= 11 is 0. The Balaban J connectivity index is 1.97. The van der Waals surface area contributed by atoms with Crippen LogP contribution in [-0.4, -0.2) is 45.8 Å². The van der Waals surface area contributed by atoms with Crippen LogP contribution in [0.5, 0.6) is 0 Å². The number of hydrogen-bond acceptors (Lipinski definition) is 4. The van der Waals surface area contributed by atoms with Crippen molar-refractivity contribution < 1.29 is 9.90 Å². The number of aliphatic hydroxyl groups excluding tert-OH is 1. The molecule has 1 amide bonds. The van der Waals surface area contributed by atoms with E-state index in [-0.39, 0.29) is 12.5 Å². The van der Waals surface area contributed by atoms with Crippen molar-refractivity contribution in [2.24, 2.45) is 5.92 Å². The zero-order chi connectivity index (χ0) is 11.4. The molecular weight excluding hydrogens is 206 g/mol. The number of amides is 1. The highest BCUT2D eigenvalue weighted by Crippen LogP contribution is 2.20. The van der Waals surface area contributed by atoms with Gasteiger partial charge < -0.3 is 10.0 Å². The summed E-state index contributed by atoms with van der Waals surface area (Å²) in [7, 11) is 0. The Morgan fingerprint density at radius 1 is 1.56 bits per heavy atom. The normalized spacial score (nSPS) is 20.1. The number of carbonyl (C=O) groups excluding carboxylic acids is 1. The van der Waals surface area contributed by atoms with Gasteiger partial charge in [-0.3, -0.25) is 4.79 Å². The molecule has 16 heavy (non-hydrogen) atoms. The summed E-state index contributed by atoms with van der Waals surface area (Å²) in [6.45, 7) is 1.71. The van der Waals surface area contributed by atoms with Crippen LogP contribution < -0.4 is 0 Å². The first kappa shape index (κ1) is 11.0. The third-order valence-electron chi connectivity index (χ3n) is 2.94. The minimum atomic E-state index is 0.00957. The maximum absolute atomic E-state index is 12.0. The molecule has 2 rings (SSSR count). The Morgan fingerprint density at radius 3 is 3.12 bits per heavy atom. The van der Waals surface area contributed by atoms with Crippen LogP contribution in [-0.2, 0) is 0 Å². The fourth-order valence-corrected chi connectivity index (χ4v) is 2.04. The van der Waals surface area contributed by atoms with E-state index in [1.54, 1.807) is 6.07 Å². The molecule has 0 bridgehead atoms. The number of rotatable bonds is 3. The number of nitrogens with zero attached hydrogens (tertiary/aromatic N) is 3. The number of aliphatic hydroxyl groups is 1. The average Bonchev–Trinajstić information content (AvgIpc) is 2.78. The van der Waals surface area contributed by atoms with Gasteiger partial charge in [0.1, 0.15) is 0 Å². The highest BCUT2D eigenvalue weighted by Gasteiger charge is 2.26. The molecule has 1 saturated heterocycles. The maximum Gasteiger partial charge on any atom is 0.255 e. The zero-order valence-electron chi connectivity index (χ0n) is 9.04. The van der Waals surface area contributed by atoms with E-state index in [1.807, 2.05) is 4.90 Å². The van der Waals surface area contributed by atoms with Crippen molar-refractivity contribution in [3.8, 4) is 0 Å². The summed E-state index contributed by atoms with van der Waals surface area (Å²) in [5.41, 5.74) is 0.583. The predicted octanol–water partition coefficient (Wildman–Crippen LogP) is 0.321. The molecule has 1 N–H and O–H groups in total. The number of hydrogen-bond donors (Lipinski definition) is 1. The lowest BCUT2D eigenvalue weighted by Crippen LogP contribution is -2.28. The zero-order valence-corrected chi connectivity index (χ0v) is 9.04. The summed E-state index contributed by atoms with van der Waals surface area (Å²) in [6, 6.07) is 1.68. The van der Waals surface area contributed by atoms with E-state index in [1.165, 1.54) is 12.4 Å². The van der Waals surface area contributed by atoms with Crippen molar-refractivity contribution in [2.75, 3.05) is 19.7 Å². The maximum atomic E-state index is 12.0. The van der Waals surface area contributed by atoms with Crippen molar-refractivity contribution in [3.63, 3.8) is 0 Å². The van der Waals surface area contributed by atoms with E-state index in [0.29, 0.717) is 11.5 Å². The van der Waals surface area contributed by atoms with Gasteiger partial charge >= 0.3 is 0 Å².